The van der Waals surface area contributed by atoms with Gasteiger partial charge >= 0.3 is 0 Å². The molecule has 0 N–H and O–H groups in total. The zero-order valence-corrected chi connectivity index (χ0v) is 14.2. The third kappa shape index (κ3) is 3.16. The average molecular weight is 312 g/mol. The van der Waals surface area contributed by atoms with Crippen LogP contribution in [-0.2, 0) is 0 Å². The van der Waals surface area contributed by atoms with Gasteiger partial charge in [-0.05, 0) is 67.8 Å². The molecule has 118 valence electrons. The zero-order valence-electron chi connectivity index (χ0n) is 14.2. The van der Waals surface area contributed by atoms with Gasteiger partial charge < -0.3 is 4.57 Å². The van der Waals surface area contributed by atoms with Crippen LogP contribution in [0.1, 0.15) is 27.9 Å². The number of nitrogens with zero attached hydrogens (tertiary/aromatic N) is 2. The highest BCUT2D eigenvalue weighted by Crippen LogP contribution is 2.22. The van der Waals surface area contributed by atoms with E-state index in [4.69, 9.17) is 0 Å². The third-order valence-electron chi connectivity index (χ3n) is 4.32. The van der Waals surface area contributed by atoms with Crippen LogP contribution in [0.5, 0.6) is 0 Å². The summed E-state index contributed by atoms with van der Waals surface area (Å²) in [6.45, 7) is 6.27. The second-order valence-corrected chi connectivity index (χ2v) is 6.11. The van der Waals surface area contributed by atoms with E-state index in [-0.39, 0.29) is 0 Å². The smallest absolute Gasteiger partial charge is 0.0998 e. The van der Waals surface area contributed by atoms with Crippen molar-refractivity contribution in [1.29, 1.82) is 5.26 Å². The molecule has 1 heterocycles. The summed E-state index contributed by atoms with van der Waals surface area (Å²) in [6, 6.07) is 20.8. The highest BCUT2D eigenvalue weighted by atomic mass is 15.0. The van der Waals surface area contributed by atoms with E-state index in [9.17, 15) is 5.26 Å². The lowest BCUT2D eigenvalue weighted by molar-refractivity contribution is 1.05. The molecule has 2 heteroatoms. The van der Waals surface area contributed by atoms with Gasteiger partial charge in [0.1, 0.15) is 0 Å². The van der Waals surface area contributed by atoms with Gasteiger partial charge in [0, 0.05) is 17.6 Å². The Kier molecular flexibility index (Phi) is 4.35. The van der Waals surface area contributed by atoms with Crippen LogP contribution in [0, 0.1) is 32.1 Å². The Hall–Kier alpha value is -3.05. The van der Waals surface area contributed by atoms with Crippen molar-refractivity contribution in [3.8, 4) is 11.8 Å². The minimum absolute atomic E-state index is 0.666. The first kappa shape index (κ1) is 15.8. The molecule has 24 heavy (non-hydrogen) atoms. The molecule has 0 spiro atoms. The highest BCUT2D eigenvalue weighted by molar-refractivity contribution is 5.89. The van der Waals surface area contributed by atoms with Gasteiger partial charge in [0.25, 0.3) is 0 Å². The molecule has 0 bridgehead atoms. The number of benzene rings is 2. The van der Waals surface area contributed by atoms with Gasteiger partial charge in [0.05, 0.1) is 11.6 Å². The number of hydrogen-bond donors (Lipinski definition) is 0. The maximum atomic E-state index is 9.56. The molecule has 0 aliphatic rings. The van der Waals surface area contributed by atoms with Gasteiger partial charge in [-0.2, -0.15) is 5.26 Å². The molecule has 0 saturated heterocycles. The number of allylic oxidation sites excluding steroid dienone is 1. The molecule has 2 nitrogen and oxygen atoms in total. The van der Waals surface area contributed by atoms with Crippen molar-refractivity contribution in [3.63, 3.8) is 0 Å². The quantitative estimate of drug-likeness (QED) is 0.590. The zero-order chi connectivity index (χ0) is 17.1. The molecule has 3 aromatic rings. The molecule has 0 atom stereocenters. The average Bonchev–Trinajstić information content (AvgIpc) is 3.04. The van der Waals surface area contributed by atoms with Crippen LogP contribution in [-0.4, -0.2) is 4.57 Å². The van der Waals surface area contributed by atoms with Crippen molar-refractivity contribution in [1.82, 2.24) is 4.57 Å². The molecule has 1 aromatic heterocycles. The second kappa shape index (κ2) is 6.60. The SMILES string of the molecule is Cc1ccc(/C(C#N)=C\c2cccn2-c2ccc(C)c(C)c2)cc1. The summed E-state index contributed by atoms with van der Waals surface area (Å²) in [4.78, 5) is 0. The van der Waals surface area contributed by atoms with Gasteiger partial charge in [-0.25, -0.2) is 0 Å². The Morgan fingerprint density at radius 1 is 0.958 bits per heavy atom. The van der Waals surface area contributed by atoms with E-state index in [0.717, 1.165) is 16.9 Å². The fourth-order valence-electron chi connectivity index (χ4n) is 2.68. The van der Waals surface area contributed by atoms with Gasteiger partial charge in [-0.15, -0.1) is 0 Å². The highest BCUT2D eigenvalue weighted by Gasteiger charge is 2.06. The molecule has 0 aliphatic carbocycles. The van der Waals surface area contributed by atoms with Crippen molar-refractivity contribution < 1.29 is 0 Å². The van der Waals surface area contributed by atoms with Crippen molar-refractivity contribution >= 4 is 11.6 Å². The Balaban J connectivity index is 2.04. The lowest BCUT2D eigenvalue weighted by atomic mass is 10.0. The standard InChI is InChI=1S/C22H20N2/c1-16-6-9-19(10-7-16)20(15-23)14-21-5-4-12-24(21)22-11-8-17(2)18(3)13-22/h4-14H,1-3H3/b20-14-. The van der Waals surface area contributed by atoms with Crippen LogP contribution in [0.4, 0.5) is 0 Å². The number of aryl methyl sites for hydroxylation is 3. The first-order valence-corrected chi connectivity index (χ1v) is 8.02. The summed E-state index contributed by atoms with van der Waals surface area (Å²) in [7, 11) is 0. The van der Waals surface area contributed by atoms with Gasteiger partial charge in [-0.1, -0.05) is 35.9 Å². The van der Waals surface area contributed by atoms with E-state index >= 15 is 0 Å². The molecule has 0 unspecified atom stereocenters. The van der Waals surface area contributed by atoms with Crippen LogP contribution in [0.15, 0.2) is 60.8 Å². The molecule has 0 aliphatic heterocycles. The summed E-state index contributed by atoms with van der Waals surface area (Å²) in [5.74, 6) is 0. The molecule has 0 saturated carbocycles. The van der Waals surface area contributed by atoms with Gasteiger partial charge in [0.2, 0.25) is 0 Å². The van der Waals surface area contributed by atoms with Crippen LogP contribution in [0.25, 0.3) is 17.3 Å². The topological polar surface area (TPSA) is 28.7 Å². The fraction of sp³-hybridized carbons (Fsp3) is 0.136. The van der Waals surface area contributed by atoms with Crippen molar-refractivity contribution in [2.24, 2.45) is 0 Å². The van der Waals surface area contributed by atoms with E-state index in [2.05, 4.69) is 42.7 Å². The summed E-state index contributed by atoms with van der Waals surface area (Å²) in [5, 5.41) is 9.56. The van der Waals surface area contributed by atoms with Crippen LogP contribution in [0.3, 0.4) is 0 Å². The summed E-state index contributed by atoms with van der Waals surface area (Å²) in [6.07, 6.45) is 3.97. The lowest BCUT2D eigenvalue weighted by Crippen LogP contribution is -1.96. The Morgan fingerprint density at radius 2 is 1.71 bits per heavy atom. The maximum Gasteiger partial charge on any atom is 0.0998 e. The number of rotatable bonds is 3. The fourth-order valence-corrected chi connectivity index (χ4v) is 2.68. The first-order valence-electron chi connectivity index (χ1n) is 8.02. The lowest BCUT2D eigenvalue weighted by Gasteiger charge is -2.10. The first-order chi connectivity index (χ1) is 11.6. The number of hydrogen-bond acceptors (Lipinski definition) is 1. The summed E-state index contributed by atoms with van der Waals surface area (Å²) in [5.41, 5.74) is 7.44. The predicted octanol–water partition coefficient (Wildman–Crippen LogP) is 5.47. The molecular formula is C22H20N2. The number of nitriles is 1. The van der Waals surface area contributed by atoms with E-state index in [0.29, 0.717) is 5.57 Å². The molecule has 0 fully saturated rings. The Morgan fingerprint density at radius 3 is 2.38 bits per heavy atom. The molecule has 2 aromatic carbocycles. The molecular weight excluding hydrogens is 292 g/mol. The maximum absolute atomic E-state index is 9.56. The van der Waals surface area contributed by atoms with Crippen molar-refractivity contribution in [3.05, 3.63) is 88.7 Å². The molecule has 0 amide bonds. The minimum Gasteiger partial charge on any atom is -0.317 e. The van der Waals surface area contributed by atoms with Crippen LogP contribution >= 0.6 is 0 Å². The van der Waals surface area contributed by atoms with E-state index in [1.54, 1.807) is 0 Å². The summed E-state index contributed by atoms with van der Waals surface area (Å²) < 4.78 is 2.11. The van der Waals surface area contributed by atoms with E-state index in [1.807, 2.05) is 55.6 Å². The summed E-state index contributed by atoms with van der Waals surface area (Å²) >= 11 is 0. The minimum atomic E-state index is 0.666. The Labute approximate surface area is 143 Å². The predicted molar refractivity (Wildman–Crippen MR) is 99.9 cm³/mol. The normalized spacial score (nSPS) is 11.3. The van der Waals surface area contributed by atoms with E-state index < -0.39 is 0 Å². The van der Waals surface area contributed by atoms with Crippen molar-refractivity contribution in [2.75, 3.05) is 0 Å². The third-order valence-corrected chi connectivity index (χ3v) is 4.32. The van der Waals surface area contributed by atoms with Crippen molar-refractivity contribution in [2.45, 2.75) is 20.8 Å². The van der Waals surface area contributed by atoms with Gasteiger partial charge in [-0.3, -0.25) is 0 Å². The Bertz CT molecular complexity index is 935. The van der Waals surface area contributed by atoms with Crippen LogP contribution in [0.2, 0.25) is 0 Å². The van der Waals surface area contributed by atoms with Gasteiger partial charge in [0.15, 0.2) is 0 Å². The number of aromatic nitrogens is 1. The molecule has 3 rings (SSSR count). The van der Waals surface area contributed by atoms with Crippen LogP contribution < -0.4 is 0 Å². The molecule has 0 radical (unpaired) electrons. The monoisotopic (exact) mass is 312 g/mol. The largest absolute Gasteiger partial charge is 0.317 e. The van der Waals surface area contributed by atoms with E-state index in [1.165, 1.54) is 16.7 Å². The second-order valence-electron chi connectivity index (χ2n) is 6.11.